The maximum absolute atomic E-state index is 13.7. The van der Waals surface area contributed by atoms with Gasteiger partial charge in [0.1, 0.15) is 5.82 Å². The molecule has 2 aromatic rings. The standard InChI is InChI=1S/C15H15F4N5O/c16-11-2-1-9(15(17,18)19)7-12(11)21-14(25)13-8-24(23-22-13)10-3-5-20-6-4-10/h1-2,7-8,10,20H,3-6H2,(H,21,25). The molecule has 0 atom stereocenters. The highest BCUT2D eigenvalue weighted by Gasteiger charge is 2.31. The van der Waals surface area contributed by atoms with Crippen LogP contribution in [0.5, 0.6) is 0 Å². The summed E-state index contributed by atoms with van der Waals surface area (Å²) in [6.45, 7) is 1.64. The average Bonchev–Trinajstić information content (AvgIpc) is 3.07. The lowest BCUT2D eigenvalue weighted by Gasteiger charge is -2.22. The number of benzene rings is 1. The predicted octanol–water partition coefficient (Wildman–Crippen LogP) is 2.61. The first-order valence-corrected chi connectivity index (χ1v) is 7.65. The fourth-order valence-electron chi connectivity index (χ4n) is 2.61. The summed E-state index contributed by atoms with van der Waals surface area (Å²) in [5, 5.41) is 12.9. The van der Waals surface area contributed by atoms with Gasteiger partial charge in [-0.3, -0.25) is 4.79 Å². The molecule has 3 rings (SSSR count). The van der Waals surface area contributed by atoms with Crippen LogP contribution < -0.4 is 10.6 Å². The molecule has 1 saturated heterocycles. The Balaban J connectivity index is 1.75. The Morgan fingerprint density at radius 3 is 2.68 bits per heavy atom. The lowest BCUT2D eigenvalue weighted by Crippen LogP contribution is -2.29. The first kappa shape index (κ1) is 17.3. The van der Waals surface area contributed by atoms with E-state index in [1.54, 1.807) is 4.68 Å². The zero-order chi connectivity index (χ0) is 18.0. The number of aromatic nitrogens is 3. The van der Waals surface area contributed by atoms with Crippen LogP contribution in [-0.4, -0.2) is 34.0 Å². The molecule has 0 saturated carbocycles. The van der Waals surface area contributed by atoms with Crippen molar-refractivity contribution in [3.63, 3.8) is 0 Å². The molecule has 25 heavy (non-hydrogen) atoms. The first-order chi connectivity index (χ1) is 11.8. The summed E-state index contributed by atoms with van der Waals surface area (Å²) in [5.41, 5.74) is -1.70. The number of carbonyl (C=O) groups excluding carboxylic acids is 1. The lowest BCUT2D eigenvalue weighted by atomic mass is 10.1. The molecule has 10 heteroatoms. The number of nitrogens with zero attached hydrogens (tertiary/aromatic N) is 3. The lowest BCUT2D eigenvalue weighted by molar-refractivity contribution is -0.137. The number of piperidine rings is 1. The second kappa shape index (κ2) is 6.79. The van der Waals surface area contributed by atoms with Gasteiger partial charge < -0.3 is 10.6 Å². The number of hydrogen-bond donors (Lipinski definition) is 2. The molecule has 6 nitrogen and oxygen atoms in total. The Kier molecular flexibility index (Phi) is 4.71. The fraction of sp³-hybridized carbons (Fsp3) is 0.400. The second-order valence-corrected chi connectivity index (χ2v) is 5.71. The molecule has 0 bridgehead atoms. The fourth-order valence-corrected chi connectivity index (χ4v) is 2.61. The molecule has 0 spiro atoms. The van der Waals surface area contributed by atoms with Crippen LogP contribution in [0.1, 0.15) is 34.9 Å². The molecule has 1 aliphatic rings. The molecule has 1 aromatic carbocycles. The number of rotatable bonds is 3. The Labute approximate surface area is 140 Å². The van der Waals surface area contributed by atoms with Gasteiger partial charge in [0.15, 0.2) is 5.69 Å². The smallest absolute Gasteiger partial charge is 0.318 e. The van der Waals surface area contributed by atoms with Crippen molar-refractivity contribution >= 4 is 11.6 Å². The highest BCUT2D eigenvalue weighted by Crippen LogP contribution is 2.31. The summed E-state index contributed by atoms with van der Waals surface area (Å²) in [5.74, 6) is -1.79. The van der Waals surface area contributed by atoms with Gasteiger partial charge >= 0.3 is 6.18 Å². The Morgan fingerprint density at radius 2 is 2.00 bits per heavy atom. The normalized spacial score (nSPS) is 16.0. The minimum atomic E-state index is -4.63. The monoisotopic (exact) mass is 357 g/mol. The molecule has 1 amide bonds. The predicted molar refractivity (Wildman–Crippen MR) is 80.5 cm³/mol. The van der Waals surface area contributed by atoms with Crippen molar-refractivity contribution in [2.45, 2.75) is 25.1 Å². The second-order valence-electron chi connectivity index (χ2n) is 5.71. The van der Waals surface area contributed by atoms with Gasteiger partial charge in [0.25, 0.3) is 5.91 Å². The van der Waals surface area contributed by atoms with Gasteiger partial charge in [0.2, 0.25) is 0 Å². The van der Waals surface area contributed by atoms with Crippen molar-refractivity contribution in [2.75, 3.05) is 18.4 Å². The van der Waals surface area contributed by atoms with Crippen LogP contribution in [-0.2, 0) is 6.18 Å². The number of halogens is 4. The van der Waals surface area contributed by atoms with Crippen LogP contribution in [0.2, 0.25) is 0 Å². The topological polar surface area (TPSA) is 71.8 Å². The Morgan fingerprint density at radius 1 is 1.28 bits per heavy atom. The zero-order valence-corrected chi connectivity index (χ0v) is 13.0. The van der Waals surface area contributed by atoms with E-state index in [0.29, 0.717) is 18.2 Å². The van der Waals surface area contributed by atoms with Gasteiger partial charge in [0.05, 0.1) is 23.5 Å². The van der Waals surface area contributed by atoms with Crippen molar-refractivity contribution in [2.24, 2.45) is 0 Å². The molecule has 1 aromatic heterocycles. The van der Waals surface area contributed by atoms with E-state index in [-0.39, 0.29) is 11.7 Å². The van der Waals surface area contributed by atoms with E-state index in [1.165, 1.54) is 6.20 Å². The number of nitrogens with one attached hydrogen (secondary N) is 2. The van der Waals surface area contributed by atoms with Crippen molar-refractivity contribution in [3.05, 3.63) is 41.5 Å². The minimum absolute atomic E-state index is 0.0876. The zero-order valence-electron chi connectivity index (χ0n) is 13.0. The summed E-state index contributed by atoms with van der Waals surface area (Å²) < 4.78 is 53.4. The molecule has 1 aliphatic heterocycles. The summed E-state index contributed by atoms with van der Waals surface area (Å²) in [6.07, 6.45) is -1.57. The molecule has 0 aliphatic carbocycles. The van der Waals surface area contributed by atoms with Gasteiger partial charge in [-0.15, -0.1) is 5.10 Å². The van der Waals surface area contributed by atoms with E-state index < -0.39 is 29.2 Å². The molecule has 0 unspecified atom stereocenters. The number of carbonyl (C=O) groups is 1. The van der Waals surface area contributed by atoms with Crippen molar-refractivity contribution in [3.8, 4) is 0 Å². The van der Waals surface area contributed by atoms with Crippen LogP contribution >= 0.6 is 0 Å². The highest BCUT2D eigenvalue weighted by molar-refractivity contribution is 6.02. The van der Waals surface area contributed by atoms with Crippen LogP contribution in [0.25, 0.3) is 0 Å². The Hall–Kier alpha value is -2.49. The Bertz CT molecular complexity index is 768. The van der Waals surface area contributed by atoms with Crippen LogP contribution in [0.4, 0.5) is 23.2 Å². The summed E-state index contributed by atoms with van der Waals surface area (Å²) in [6, 6.07) is 1.91. The molecule has 134 valence electrons. The van der Waals surface area contributed by atoms with Crippen molar-refractivity contribution in [1.82, 2.24) is 20.3 Å². The number of anilines is 1. The van der Waals surface area contributed by atoms with E-state index in [1.807, 2.05) is 0 Å². The molecule has 1 fully saturated rings. The molecule has 2 heterocycles. The van der Waals surface area contributed by atoms with Gasteiger partial charge in [0, 0.05) is 0 Å². The molecular weight excluding hydrogens is 342 g/mol. The van der Waals surface area contributed by atoms with E-state index in [0.717, 1.165) is 25.9 Å². The maximum Gasteiger partial charge on any atom is 0.416 e. The third-order valence-corrected chi connectivity index (χ3v) is 3.97. The quantitative estimate of drug-likeness (QED) is 0.829. The average molecular weight is 357 g/mol. The van der Waals surface area contributed by atoms with Gasteiger partial charge in [-0.05, 0) is 44.1 Å². The largest absolute Gasteiger partial charge is 0.416 e. The third kappa shape index (κ3) is 3.95. The van der Waals surface area contributed by atoms with Gasteiger partial charge in [-0.1, -0.05) is 5.21 Å². The van der Waals surface area contributed by atoms with E-state index in [9.17, 15) is 22.4 Å². The summed E-state index contributed by atoms with van der Waals surface area (Å²) in [4.78, 5) is 12.1. The number of alkyl halides is 3. The van der Waals surface area contributed by atoms with Crippen molar-refractivity contribution in [1.29, 1.82) is 0 Å². The van der Waals surface area contributed by atoms with Crippen LogP contribution in [0.3, 0.4) is 0 Å². The first-order valence-electron chi connectivity index (χ1n) is 7.65. The molecular formula is C15H15F4N5O. The van der Waals surface area contributed by atoms with Crippen LogP contribution in [0, 0.1) is 5.82 Å². The van der Waals surface area contributed by atoms with E-state index in [2.05, 4.69) is 20.9 Å². The maximum atomic E-state index is 13.7. The van der Waals surface area contributed by atoms with Crippen molar-refractivity contribution < 1.29 is 22.4 Å². The SMILES string of the molecule is O=C(Nc1cc(C(F)(F)F)ccc1F)c1cn(C2CCNCC2)nn1. The number of amides is 1. The minimum Gasteiger partial charge on any atom is -0.318 e. The molecule has 2 N–H and O–H groups in total. The molecule has 0 radical (unpaired) electrons. The van der Waals surface area contributed by atoms with Gasteiger partial charge in [-0.25, -0.2) is 9.07 Å². The summed E-state index contributed by atoms with van der Waals surface area (Å²) >= 11 is 0. The van der Waals surface area contributed by atoms with Gasteiger partial charge in [-0.2, -0.15) is 13.2 Å². The van der Waals surface area contributed by atoms with E-state index >= 15 is 0 Å². The van der Waals surface area contributed by atoms with E-state index in [4.69, 9.17) is 0 Å². The summed E-state index contributed by atoms with van der Waals surface area (Å²) in [7, 11) is 0. The third-order valence-electron chi connectivity index (χ3n) is 3.97. The highest BCUT2D eigenvalue weighted by atomic mass is 19.4. The van der Waals surface area contributed by atoms with Crippen LogP contribution in [0.15, 0.2) is 24.4 Å². The number of hydrogen-bond acceptors (Lipinski definition) is 4.